The van der Waals surface area contributed by atoms with Gasteiger partial charge in [0, 0.05) is 24.5 Å². The van der Waals surface area contributed by atoms with Gasteiger partial charge in [-0.25, -0.2) is 4.39 Å². The van der Waals surface area contributed by atoms with Crippen LogP contribution < -0.4 is 0 Å². The maximum Gasteiger partial charge on any atom is 0.303 e. The van der Waals surface area contributed by atoms with Gasteiger partial charge in [0.1, 0.15) is 5.82 Å². The predicted octanol–water partition coefficient (Wildman–Crippen LogP) is 2.82. The fourth-order valence-electron chi connectivity index (χ4n) is 2.04. The number of carboxylic acids is 1. The van der Waals surface area contributed by atoms with Crippen LogP contribution in [0, 0.1) is 5.82 Å². The molecular weight excluding hydrogens is 221 g/mol. The standard InChI is InChI=1S/C13H14FNO2/c1-2-15-8-9(3-6-13(16)17)11-5-4-10(14)7-12(11)15/h4-5,7-8H,2-3,6H2,1H3,(H,16,17). The van der Waals surface area contributed by atoms with Gasteiger partial charge >= 0.3 is 5.97 Å². The Morgan fingerprint density at radius 3 is 2.88 bits per heavy atom. The molecule has 0 amide bonds. The minimum atomic E-state index is -0.815. The lowest BCUT2D eigenvalue weighted by Gasteiger charge is -1.99. The molecule has 0 bridgehead atoms. The monoisotopic (exact) mass is 235 g/mol. The van der Waals surface area contributed by atoms with E-state index in [4.69, 9.17) is 5.11 Å². The van der Waals surface area contributed by atoms with Crippen molar-refractivity contribution in [3.8, 4) is 0 Å². The first-order chi connectivity index (χ1) is 8.11. The van der Waals surface area contributed by atoms with Crippen LogP contribution in [-0.4, -0.2) is 15.6 Å². The minimum absolute atomic E-state index is 0.0974. The average molecular weight is 235 g/mol. The van der Waals surface area contributed by atoms with Crippen LogP contribution >= 0.6 is 0 Å². The van der Waals surface area contributed by atoms with Crippen molar-refractivity contribution in [2.75, 3.05) is 0 Å². The minimum Gasteiger partial charge on any atom is -0.481 e. The van der Waals surface area contributed by atoms with Crippen molar-refractivity contribution in [3.05, 3.63) is 35.8 Å². The van der Waals surface area contributed by atoms with E-state index in [-0.39, 0.29) is 12.2 Å². The van der Waals surface area contributed by atoms with Crippen molar-refractivity contribution >= 4 is 16.9 Å². The van der Waals surface area contributed by atoms with E-state index in [1.807, 2.05) is 17.7 Å². The van der Waals surface area contributed by atoms with E-state index in [1.54, 1.807) is 6.07 Å². The third-order valence-corrected chi connectivity index (χ3v) is 2.88. The fraction of sp³-hybridized carbons (Fsp3) is 0.308. The molecule has 0 saturated heterocycles. The lowest BCUT2D eigenvalue weighted by Crippen LogP contribution is -1.97. The SMILES string of the molecule is CCn1cc(CCC(=O)O)c2ccc(F)cc21. The number of halogens is 1. The Labute approximate surface area is 98.5 Å². The number of carbonyl (C=O) groups is 1. The molecule has 4 heteroatoms. The summed E-state index contributed by atoms with van der Waals surface area (Å²) >= 11 is 0. The van der Waals surface area contributed by atoms with E-state index >= 15 is 0 Å². The Kier molecular flexibility index (Phi) is 3.13. The first-order valence-corrected chi connectivity index (χ1v) is 5.61. The second-order valence-electron chi connectivity index (χ2n) is 4.00. The normalized spacial score (nSPS) is 10.9. The number of nitrogens with zero attached hydrogens (tertiary/aromatic N) is 1. The van der Waals surface area contributed by atoms with Gasteiger partial charge in [-0.1, -0.05) is 0 Å². The molecule has 0 unspecified atom stereocenters. The molecule has 90 valence electrons. The number of carboxylic acid groups (broad SMARTS) is 1. The molecule has 1 aromatic heterocycles. The van der Waals surface area contributed by atoms with Crippen LogP contribution in [0.5, 0.6) is 0 Å². The van der Waals surface area contributed by atoms with E-state index in [9.17, 15) is 9.18 Å². The first-order valence-electron chi connectivity index (χ1n) is 5.61. The highest BCUT2D eigenvalue weighted by Gasteiger charge is 2.09. The van der Waals surface area contributed by atoms with Gasteiger partial charge in [0.25, 0.3) is 0 Å². The van der Waals surface area contributed by atoms with Gasteiger partial charge in [0.2, 0.25) is 0 Å². The van der Waals surface area contributed by atoms with Crippen LogP contribution in [0.15, 0.2) is 24.4 Å². The van der Waals surface area contributed by atoms with Crippen molar-refractivity contribution in [2.45, 2.75) is 26.3 Å². The maximum atomic E-state index is 13.2. The number of hydrogen-bond donors (Lipinski definition) is 1. The number of aryl methyl sites for hydroxylation is 2. The number of fused-ring (bicyclic) bond motifs is 1. The number of rotatable bonds is 4. The molecular formula is C13H14FNO2. The molecule has 2 aromatic rings. The van der Waals surface area contributed by atoms with Gasteiger partial charge < -0.3 is 9.67 Å². The second-order valence-corrected chi connectivity index (χ2v) is 4.00. The zero-order valence-electron chi connectivity index (χ0n) is 9.61. The molecule has 0 radical (unpaired) electrons. The smallest absolute Gasteiger partial charge is 0.303 e. The summed E-state index contributed by atoms with van der Waals surface area (Å²) in [4.78, 5) is 10.6. The van der Waals surface area contributed by atoms with Gasteiger partial charge in [-0.15, -0.1) is 0 Å². The van der Waals surface area contributed by atoms with E-state index in [0.717, 1.165) is 23.0 Å². The maximum absolute atomic E-state index is 13.2. The van der Waals surface area contributed by atoms with Gasteiger partial charge in [-0.05, 0) is 37.1 Å². The Balaban J connectivity index is 2.45. The summed E-state index contributed by atoms with van der Waals surface area (Å²) in [6.45, 7) is 2.72. The summed E-state index contributed by atoms with van der Waals surface area (Å²) in [6.07, 6.45) is 2.48. The van der Waals surface area contributed by atoms with Crippen LogP contribution in [0.25, 0.3) is 10.9 Å². The van der Waals surface area contributed by atoms with E-state index in [1.165, 1.54) is 12.1 Å². The summed E-state index contributed by atoms with van der Waals surface area (Å²) in [5.74, 6) is -1.08. The Morgan fingerprint density at radius 1 is 1.47 bits per heavy atom. The molecule has 3 nitrogen and oxygen atoms in total. The van der Waals surface area contributed by atoms with Crippen molar-refractivity contribution < 1.29 is 14.3 Å². The first kappa shape index (κ1) is 11.6. The third kappa shape index (κ3) is 2.30. The molecule has 0 atom stereocenters. The van der Waals surface area contributed by atoms with Crippen molar-refractivity contribution in [3.63, 3.8) is 0 Å². The Bertz CT molecular complexity index is 560. The lowest BCUT2D eigenvalue weighted by molar-refractivity contribution is -0.136. The quantitative estimate of drug-likeness (QED) is 0.885. The fourth-order valence-corrected chi connectivity index (χ4v) is 2.04. The molecule has 0 saturated carbocycles. The molecule has 2 rings (SSSR count). The van der Waals surface area contributed by atoms with Crippen LogP contribution in [-0.2, 0) is 17.8 Å². The van der Waals surface area contributed by atoms with Crippen molar-refractivity contribution in [2.24, 2.45) is 0 Å². The summed E-state index contributed by atoms with van der Waals surface area (Å²) in [7, 11) is 0. The molecule has 17 heavy (non-hydrogen) atoms. The molecule has 1 aromatic carbocycles. The summed E-state index contributed by atoms with van der Waals surface area (Å²) in [6, 6.07) is 4.61. The van der Waals surface area contributed by atoms with Crippen molar-refractivity contribution in [1.29, 1.82) is 0 Å². The summed E-state index contributed by atoms with van der Waals surface area (Å²) in [5, 5.41) is 9.63. The van der Waals surface area contributed by atoms with E-state index in [0.29, 0.717) is 6.42 Å². The molecule has 0 aliphatic rings. The summed E-state index contributed by atoms with van der Waals surface area (Å²) in [5.41, 5.74) is 1.79. The molecule has 1 N–H and O–H groups in total. The van der Waals surface area contributed by atoms with Gasteiger partial charge in [0.15, 0.2) is 0 Å². The lowest BCUT2D eigenvalue weighted by atomic mass is 10.1. The van der Waals surface area contributed by atoms with Crippen LogP contribution in [0.4, 0.5) is 4.39 Å². The van der Waals surface area contributed by atoms with Gasteiger partial charge in [-0.2, -0.15) is 0 Å². The van der Waals surface area contributed by atoms with Crippen molar-refractivity contribution in [1.82, 2.24) is 4.57 Å². The molecule has 1 heterocycles. The van der Waals surface area contributed by atoms with Crippen LogP contribution in [0.1, 0.15) is 18.9 Å². The third-order valence-electron chi connectivity index (χ3n) is 2.88. The zero-order valence-corrected chi connectivity index (χ0v) is 9.61. The predicted molar refractivity (Wildman–Crippen MR) is 63.5 cm³/mol. The zero-order chi connectivity index (χ0) is 12.4. The van der Waals surface area contributed by atoms with Crippen LogP contribution in [0.3, 0.4) is 0 Å². The van der Waals surface area contributed by atoms with Crippen LogP contribution in [0.2, 0.25) is 0 Å². The van der Waals surface area contributed by atoms with E-state index in [2.05, 4.69) is 0 Å². The molecule has 0 fully saturated rings. The highest BCUT2D eigenvalue weighted by Crippen LogP contribution is 2.23. The molecule has 0 aliphatic heterocycles. The number of benzene rings is 1. The average Bonchev–Trinajstić information content (AvgIpc) is 2.63. The van der Waals surface area contributed by atoms with Gasteiger partial charge in [0.05, 0.1) is 5.52 Å². The van der Waals surface area contributed by atoms with E-state index < -0.39 is 5.97 Å². The Hall–Kier alpha value is -1.84. The second kappa shape index (κ2) is 4.57. The Morgan fingerprint density at radius 2 is 2.24 bits per heavy atom. The topological polar surface area (TPSA) is 42.2 Å². The highest BCUT2D eigenvalue weighted by molar-refractivity contribution is 5.84. The highest BCUT2D eigenvalue weighted by atomic mass is 19.1. The molecule has 0 aliphatic carbocycles. The number of aliphatic carboxylic acids is 1. The summed E-state index contributed by atoms with van der Waals surface area (Å²) < 4.78 is 15.1. The van der Waals surface area contributed by atoms with Gasteiger partial charge in [-0.3, -0.25) is 4.79 Å². The number of hydrogen-bond acceptors (Lipinski definition) is 1. The largest absolute Gasteiger partial charge is 0.481 e. The molecule has 0 spiro atoms. The number of aromatic nitrogens is 1.